The highest BCUT2D eigenvalue weighted by molar-refractivity contribution is 7.89. The van der Waals surface area contributed by atoms with Gasteiger partial charge in [-0.3, -0.25) is 0 Å². The van der Waals surface area contributed by atoms with Crippen LogP contribution < -0.4 is 10.6 Å². The van der Waals surface area contributed by atoms with E-state index in [-0.39, 0.29) is 23.3 Å². The van der Waals surface area contributed by atoms with Crippen molar-refractivity contribution in [1.29, 1.82) is 0 Å². The lowest BCUT2D eigenvalue weighted by molar-refractivity contribution is -0.140. The second-order valence-electron chi connectivity index (χ2n) is 6.45. The minimum Gasteiger partial charge on any atom is -0.357 e. The first-order chi connectivity index (χ1) is 13.2. The summed E-state index contributed by atoms with van der Waals surface area (Å²) in [6.45, 7) is 5.26. The molecule has 0 amide bonds. The normalized spacial score (nSPS) is 17.7. The molecule has 1 aliphatic heterocycles. The molecule has 1 aliphatic rings. The molecule has 0 atom stereocenters. The van der Waals surface area contributed by atoms with Crippen molar-refractivity contribution in [2.75, 3.05) is 25.4 Å². The third-order valence-electron chi connectivity index (χ3n) is 4.21. The van der Waals surface area contributed by atoms with E-state index in [4.69, 9.17) is 0 Å². The molecule has 0 saturated carbocycles. The molecule has 28 heavy (non-hydrogen) atoms. The van der Waals surface area contributed by atoms with Crippen LogP contribution in [0.15, 0.2) is 10.4 Å². The first-order valence-corrected chi connectivity index (χ1v) is 11.7. The van der Waals surface area contributed by atoms with Crippen LogP contribution in [0.25, 0.3) is 0 Å². The van der Waals surface area contributed by atoms with E-state index in [2.05, 4.69) is 20.6 Å². The molecule has 0 aliphatic carbocycles. The molecule has 160 valence electrons. The van der Waals surface area contributed by atoms with Crippen LogP contribution in [0.1, 0.15) is 43.8 Å². The summed E-state index contributed by atoms with van der Waals surface area (Å²) < 4.78 is 63.7. The average molecular weight is 442 g/mol. The Morgan fingerprint density at radius 1 is 1.36 bits per heavy atom. The summed E-state index contributed by atoms with van der Waals surface area (Å²) in [5, 5.41) is 7.57. The molecule has 1 saturated heterocycles. The molecule has 7 nitrogen and oxygen atoms in total. The highest BCUT2D eigenvalue weighted by Crippen LogP contribution is 2.30. The summed E-state index contributed by atoms with van der Waals surface area (Å²) in [5.41, 5.74) is -0.902. The van der Waals surface area contributed by atoms with Gasteiger partial charge < -0.3 is 10.6 Å². The molecule has 2 N–H and O–H groups in total. The Balaban J connectivity index is 1.92. The standard InChI is InChI=1S/C16H26F3N5O2S2/c1-3-9-28(25,26)24-7-5-12(6-8-24)22-15(20-4-2)21-10-14-23-13(11-27-14)16(17,18)19/h11-12H,3-10H2,1-2H3,(H2,20,21,22). The van der Waals surface area contributed by atoms with E-state index < -0.39 is 21.9 Å². The van der Waals surface area contributed by atoms with Crippen molar-refractivity contribution in [2.24, 2.45) is 4.99 Å². The molecule has 0 spiro atoms. The maximum absolute atomic E-state index is 12.6. The van der Waals surface area contributed by atoms with Gasteiger partial charge >= 0.3 is 6.18 Å². The van der Waals surface area contributed by atoms with Crippen LogP contribution in [-0.2, 0) is 22.7 Å². The molecule has 2 heterocycles. The largest absolute Gasteiger partial charge is 0.434 e. The number of rotatable bonds is 7. The van der Waals surface area contributed by atoms with Crippen molar-refractivity contribution < 1.29 is 21.6 Å². The zero-order chi connectivity index (χ0) is 20.8. The van der Waals surface area contributed by atoms with Crippen LogP contribution in [0.5, 0.6) is 0 Å². The number of hydrogen-bond donors (Lipinski definition) is 2. The van der Waals surface area contributed by atoms with E-state index in [1.54, 1.807) is 0 Å². The van der Waals surface area contributed by atoms with Crippen LogP contribution in [-0.4, -0.2) is 55.1 Å². The molecule has 1 aromatic rings. The molecule has 2 rings (SSSR count). The maximum atomic E-state index is 12.6. The summed E-state index contributed by atoms with van der Waals surface area (Å²) in [7, 11) is -3.19. The summed E-state index contributed by atoms with van der Waals surface area (Å²) in [6, 6.07) is 0.0490. The number of sulfonamides is 1. The second kappa shape index (κ2) is 9.88. The zero-order valence-electron chi connectivity index (χ0n) is 15.9. The fourth-order valence-electron chi connectivity index (χ4n) is 2.84. The number of aliphatic imine (C=N–C) groups is 1. The van der Waals surface area contributed by atoms with Crippen molar-refractivity contribution in [1.82, 2.24) is 19.9 Å². The molecule has 12 heteroatoms. The van der Waals surface area contributed by atoms with Gasteiger partial charge in [-0.05, 0) is 26.2 Å². The SMILES string of the molecule is CCCS(=O)(=O)N1CCC(NC(=NCc2nc(C(F)(F)F)cs2)NCC)CC1. The van der Waals surface area contributed by atoms with Gasteiger partial charge in [-0.15, -0.1) is 11.3 Å². The first-order valence-electron chi connectivity index (χ1n) is 9.20. The smallest absolute Gasteiger partial charge is 0.357 e. The highest BCUT2D eigenvalue weighted by atomic mass is 32.2. The summed E-state index contributed by atoms with van der Waals surface area (Å²) in [4.78, 5) is 7.89. The van der Waals surface area contributed by atoms with Crippen molar-refractivity contribution in [2.45, 2.75) is 51.9 Å². The number of aromatic nitrogens is 1. The lowest BCUT2D eigenvalue weighted by Gasteiger charge is -2.32. The number of alkyl halides is 3. The van der Waals surface area contributed by atoms with Crippen LogP contribution in [0.2, 0.25) is 0 Å². The quantitative estimate of drug-likeness (QED) is 0.501. The fraction of sp³-hybridized carbons (Fsp3) is 0.750. The van der Waals surface area contributed by atoms with Crippen LogP contribution in [0, 0.1) is 0 Å². The van der Waals surface area contributed by atoms with Gasteiger partial charge in [-0.1, -0.05) is 6.92 Å². The van der Waals surface area contributed by atoms with E-state index in [1.807, 2.05) is 13.8 Å². The molecule has 1 aromatic heterocycles. The van der Waals surface area contributed by atoms with Crippen molar-refractivity contribution in [3.63, 3.8) is 0 Å². The number of halogens is 3. The zero-order valence-corrected chi connectivity index (χ0v) is 17.6. The summed E-state index contributed by atoms with van der Waals surface area (Å²) in [5.74, 6) is 0.643. The van der Waals surface area contributed by atoms with Gasteiger partial charge in [0.2, 0.25) is 10.0 Å². The van der Waals surface area contributed by atoms with E-state index in [9.17, 15) is 21.6 Å². The van der Waals surface area contributed by atoms with E-state index >= 15 is 0 Å². The first kappa shape index (κ1) is 22.9. The lowest BCUT2D eigenvalue weighted by Crippen LogP contribution is -2.50. The fourth-order valence-corrected chi connectivity index (χ4v) is 5.10. The van der Waals surface area contributed by atoms with Crippen LogP contribution in [0.4, 0.5) is 13.2 Å². The van der Waals surface area contributed by atoms with Gasteiger partial charge in [0, 0.05) is 31.1 Å². The predicted molar refractivity (Wildman–Crippen MR) is 104 cm³/mol. The second-order valence-corrected chi connectivity index (χ2v) is 9.48. The third-order valence-corrected chi connectivity index (χ3v) is 7.12. The molecular weight excluding hydrogens is 415 g/mol. The van der Waals surface area contributed by atoms with E-state index in [0.29, 0.717) is 44.9 Å². The highest BCUT2D eigenvalue weighted by Gasteiger charge is 2.33. The number of nitrogens with one attached hydrogen (secondary N) is 2. The minimum atomic E-state index is -4.45. The van der Waals surface area contributed by atoms with Crippen molar-refractivity contribution in [3.05, 3.63) is 16.1 Å². The van der Waals surface area contributed by atoms with Crippen molar-refractivity contribution in [3.8, 4) is 0 Å². The molecule has 0 radical (unpaired) electrons. The molecular formula is C16H26F3N5O2S2. The monoisotopic (exact) mass is 441 g/mol. The number of piperidine rings is 1. The summed E-state index contributed by atoms with van der Waals surface area (Å²) >= 11 is 0.923. The maximum Gasteiger partial charge on any atom is 0.434 e. The third kappa shape index (κ3) is 6.59. The van der Waals surface area contributed by atoms with Gasteiger partial charge in [0.05, 0.1) is 12.3 Å². The van der Waals surface area contributed by atoms with Gasteiger partial charge in [0.25, 0.3) is 0 Å². The number of guanidine groups is 1. The molecule has 0 unspecified atom stereocenters. The number of nitrogens with zero attached hydrogens (tertiary/aromatic N) is 3. The Bertz CT molecular complexity index is 757. The number of thiazole rings is 1. The minimum absolute atomic E-state index is 0.0415. The Hall–Kier alpha value is -1.40. The molecule has 0 aromatic carbocycles. The number of hydrogen-bond acceptors (Lipinski definition) is 5. The van der Waals surface area contributed by atoms with Gasteiger partial charge in [-0.2, -0.15) is 13.2 Å². The van der Waals surface area contributed by atoms with E-state index in [0.717, 1.165) is 16.7 Å². The molecule has 1 fully saturated rings. The Morgan fingerprint density at radius 2 is 2.04 bits per heavy atom. The van der Waals surface area contributed by atoms with Crippen LogP contribution >= 0.6 is 11.3 Å². The average Bonchev–Trinajstić information content (AvgIpc) is 3.10. The van der Waals surface area contributed by atoms with Gasteiger partial charge in [-0.25, -0.2) is 22.7 Å². The summed E-state index contributed by atoms with van der Waals surface area (Å²) in [6.07, 6.45) is -2.58. The van der Waals surface area contributed by atoms with Gasteiger partial charge in [0.15, 0.2) is 11.7 Å². The Kier molecular flexibility index (Phi) is 8.07. The molecule has 0 bridgehead atoms. The van der Waals surface area contributed by atoms with Gasteiger partial charge in [0.1, 0.15) is 5.01 Å². The van der Waals surface area contributed by atoms with E-state index in [1.165, 1.54) is 4.31 Å². The predicted octanol–water partition coefficient (Wildman–Crippen LogP) is 2.42. The lowest BCUT2D eigenvalue weighted by atomic mass is 10.1. The van der Waals surface area contributed by atoms with Crippen molar-refractivity contribution >= 4 is 27.3 Å². The Labute approximate surface area is 167 Å². The Morgan fingerprint density at radius 3 is 2.57 bits per heavy atom. The topological polar surface area (TPSA) is 86.7 Å². The van der Waals surface area contributed by atoms with Crippen LogP contribution in [0.3, 0.4) is 0 Å².